The van der Waals surface area contributed by atoms with Crippen molar-refractivity contribution in [3.63, 3.8) is 0 Å². The molecule has 0 saturated carbocycles. The smallest absolute Gasteiger partial charge is 0.254 e. The van der Waals surface area contributed by atoms with Crippen LogP contribution in [0.25, 0.3) is 22.4 Å². The van der Waals surface area contributed by atoms with Gasteiger partial charge in [-0.1, -0.05) is 18.2 Å². The fourth-order valence-electron chi connectivity index (χ4n) is 2.77. The van der Waals surface area contributed by atoms with Gasteiger partial charge in [0, 0.05) is 25.1 Å². The Morgan fingerprint density at radius 1 is 1.08 bits per heavy atom. The number of aliphatic hydroxyl groups is 2. The van der Waals surface area contributed by atoms with E-state index in [1.165, 1.54) is 0 Å². The van der Waals surface area contributed by atoms with Crippen LogP contribution in [0.2, 0.25) is 0 Å². The van der Waals surface area contributed by atoms with Crippen LogP contribution in [0.4, 0.5) is 0 Å². The lowest BCUT2D eigenvalue weighted by Crippen LogP contribution is -2.35. The number of aromatic nitrogens is 1. The zero-order valence-electron chi connectivity index (χ0n) is 13.8. The average molecular weight is 340 g/mol. The molecule has 6 nitrogen and oxygen atoms in total. The van der Waals surface area contributed by atoms with Crippen molar-refractivity contribution < 1.29 is 19.4 Å². The van der Waals surface area contributed by atoms with Crippen LogP contribution >= 0.6 is 0 Å². The van der Waals surface area contributed by atoms with Crippen molar-refractivity contribution in [1.29, 1.82) is 0 Å². The van der Waals surface area contributed by atoms with Crippen LogP contribution in [-0.4, -0.2) is 52.3 Å². The van der Waals surface area contributed by atoms with E-state index in [9.17, 15) is 9.90 Å². The maximum absolute atomic E-state index is 13.1. The standard InChI is InChI=1S/C19H20N2O4/c22-10-4-8-21(9-11-23)19(24)15-13-17(18-7-3-12-25-18)20-16-6-2-1-5-14(15)16/h1-3,5-7,12-13,22-23H,4,8-11H2. The largest absolute Gasteiger partial charge is 0.463 e. The van der Waals surface area contributed by atoms with Gasteiger partial charge in [0.05, 0.1) is 24.0 Å². The van der Waals surface area contributed by atoms with Crippen LogP contribution in [0.15, 0.2) is 53.1 Å². The third-order valence-corrected chi connectivity index (χ3v) is 3.96. The topological polar surface area (TPSA) is 86.8 Å². The van der Waals surface area contributed by atoms with Gasteiger partial charge in [-0.3, -0.25) is 4.79 Å². The van der Waals surface area contributed by atoms with Crippen molar-refractivity contribution in [3.05, 3.63) is 54.3 Å². The third kappa shape index (κ3) is 3.70. The number of furan rings is 1. The van der Waals surface area contributed by atoms with Gasteiger partial charge in [-0.15, -0.1) is 0 Å². The molecule has 130 valence electrons. The molecule has 0 unspecified atom stereocenters. The maximum Gasteiger partial charge on any atom is 0.254 e. The molecule has 0 aliphatic rings. The van der Waals surface area contributed by atoms with E-state index in [-0.39, 0.29) is 25.7 Å². The highest BCUT2D eigenvalue weighted by atomic mass is 16.3. The second-order valence-electron chi connectivity index (χ2n) is 5.64. The van der Waals surface area contributed by atoms with E-state index < -0.39 is 0 Å². The van der Waals surface area contributed by atoms with Gasteiger partial charge < -0.3 is 19.5 Å². The predicted molar refractivity (Wildman–Crippen MR) is 94.1 cm³/mol. The van der Waals surface area contributed by atoms with Crippen LogP contribution in [-0.2, 0) is 0 Å². The number of para-hydroxylation sites is 1. The Kier molecular flexibility index (Phi) is 5.42. The van der Waals surface area contributed by atoms with Crippen molar-refractivity contribution in [2.75, 3.05) is 26.3 Å². The first-order chi connectivity index (χ1) is 12.2. The Bertz CT molecular complexity index is 846. The number of pyridine rings is 1. The predicted octanol–water partition coefficient (Wildman–Crippen LogP) is 2.31. The van der Waals surface area contributed by atoms with Crippen LogP contribution in [0, 0.1) is 0 Å². The maximum atomic E-state index is 13.1. The molecule has 3 aromatic rings. The lowest BCUT2D eigenvalue weighted by atomic mass is 10.1. The number of benzene rings is 1. The number of fused-ring (bicyclic) bond motifs is 1. The van der Waals surface area contributed by atoms with E-state index in [0.29, 0.717) is 35.5 Å². The number of nitrogens with zero attached hydrogens (tertiary/aromatic N) is 2. The molecule has 2 aromatic heterocycles. The molecule has 0 aliphatic carbocycles. The van der Waals surface area contributed by atoms with Gasteiger partial charge in [0.25, 0.3) is 5.91 Å². The number of hydrogen-bond acceptors (Lipinski definition) is 5. The van der Waals surface area contributed by atoms with Crippen LogP contribution in [0.1, 0.15) is 16.8 Å². The summed E-state index contributed by atoms with van der Waals surface area (Å²) < 4.78 is 5.42. The quantitative estimate of drug-likeness (QED) is 0.689. The van der Waals surface area contributed by atoms with Gasteiger partial charge in [-0.05, 0) is 30.7 Å². The molecule has 6 heteroatoms. The fourth-order valence-corrected chi connectivity index (χ4v) is 2.77. The summed E-state index contributed by atoms with van der Waals surface area (Å²) >= 11 is 0. The lowest BCUT2D eigenvalue weighted by molar-refractivity contribution is 0.0712. The summed E-state index contributed by atoms with van der Waals surface area (Å²) in [4.78, 5) is 19.2. The van der Waals surface area contributed by atoms with Crippen LogP contribution < -0.4 is 0 Å². The number of aliphatic hydroxyl groups excluding tert-OH is 2. The van der Waals surface area contributed by atoms with Crippen molar-refractivity contribution in [2.45, 2.75) is 6.42 Å². The summed E-state index contributed by atoms with van der Waals surface area (Å²) in [5.41, 5.74) is 1.78. The van der Waals surface area contributed by atoms with Gasteiger partial charge in [0.2, 0.25) is 0 Å². The number of carbonyl (C=O) groups is 1. The molecule has 1 amide bonds. The molecule has 0 atom stereocenters. The first-order valence-electron chi connectivity index (χ1n) is 8.19. The van der Waals surface area contributed by atoms with E-state index in [4.69, 9.17) is 9.52 Å². The Morgan fingerprint density at radius 3 is 2.64 bits per heavy atom. The molecule has 1 aromatic carbocycles. The molecular weight excluding hydrogens is 320 g/mol. The van der Waals surface area contributed by atoms with E-state index in [1.807, 2.05) is 24.3 Å². The second kappa shape index (κ2) is 7.92. The SMILES string of the molecule is O=C(c1cc(-c2ccco2)nc2ccccc12)N(CCO)CCCO. The van der Waals surface area contributed by atoms with Gasteiger partial charge >= 0.3 is 0 Å². The fraction of sp³-hybridized carbons (Fsp3) is 0.263. The van der Waals surface area contributed by atoms with Crippen LogP contribution in [0.5, 0.6) is 0 Å². The van der Waals surface area contributed by atoms with Crippen molar-refractivity contribution in [3.8, 4) is 11.5 Å². The molecule has 0 fully saturated rings. The van der Waals surface area contributed by atoms with Crippen molar-refractivity contribution in [2.24, 2.45) is 0 Å². The molecule has 0 spiro atoms. The second-order valence-corrected chi connectivity index (χ2v) is 5.64. The highest BCUT2D eigenvalue weighted by Crippen LogP contribution is 2.26. The van der Waals surface area contributed by atoms with Gasteiger partial charge in [-0.25, -0.2) is 4.98 Å². The van der Waals surface area contributed by atoms with Crippen LogP contribution in [0.3, 0.4) is 0 Å². The first kappa shape index (κ1) is 17.1. The Balaban J connectivity index is 2.08. The molecule has 0 saturated heterocycles. The summed E-state index contributed by atoms with van der Waals surface area (Å²) in [5, 5.41) is 19.1. The van der Waals surface area contributed by atoms with E-state index in [2.05, 4.69) is 4.98 Å². The summed E-state index contributed by atoms with van der Waals surface area (Å²) in [6.07, 6.45) is 2.02. The minimum Gasteiger partial charge on any atom is -0.463 e. The van der Waals surface area contributed by atoms with Crippen molar-refractivity contribution >= 4 is 16.8 Å². The summed E-state index contributed by atoms with van der Waals surface area (Å²) in [6, 6.07) is 12.7. The molecule has 25 heavy (non-hydrogen) atoms. The monoisotopic (exact) mass is 340 g/mol. The molecule has 0 aliphatic heterocycles. The minimum absolute atomic E-state index is 0.00997. The number of hydrogen-bond donors (Lipinski definition) is 2. The highest BCUT2D eigenvalue weighted by Gasteiger charge is 2.20. The minimum atomic E-state index is -0.200. The Morgan fingerprint density at radius 2 is 1.92 bits per heavy atom. The molecular formula is C19H20N2O4. The Hall–Kier alpha value is -2.70. The zero-order chi connectivity index (χ0) is 17.6. The van der Waals surface area contributed by atoms with Gasteiger partial charge in [0.1, 0.15) is 5.69 Å². The lowest BCUT2D eigenvalue weighted by Gasteiger charge is -2.22. The van der Waals surface area contributed by atoms with Gasteiger partial charge in [0.15, 0.2) is 5.76 Å². The molecule has 0 radical (unpaired) electrons. The zero-order valence-corrected chi connectivity index (χ0v) is 13.8. The van der Waals surface area contributed by atoms with E-state index >= 15 is 0 Å². The number of rotatable bonds is 7. The Labute approximate surface area is 145 Å². The number of carbonyl (C=O) groups excluding carboxylic acids is 1. The molecule has 2 heterocycles. The van der Waals surface area contributed by atoms with Crippen molar-refractivity contribution in [1.82, 2.24) is 9.88 Å². The molecule has 2 N–H and O–H groups in total. The third-order valence-electron chi connectivity index (χ3n) is 3.96. The highest BCUT2D eigenvalue weighted by molar-refractivity contribution is 6.07. The summed E-state index contributed by atoms with van der Waals surface area (Å²) in [7, 11) is 0. The normalized spacial score (nSPS) is 11.0. The summed E-state index contributed by atoms with van der Waals surface area (Å²) in [6.45, 7) is 0.448. The number of amides is 1. The average Bonchev–Trinajstić information content (AvgIpc) is 3.18. The molecule has 3 rings (SSSR count). The van der Waals surface area contributed by atoms with E-state index in [0.717, 1.165) is 5.39 Å². The van der Waals surface area contributed by atoms with E-state index in [1.54, 1.807) is 29.4 Å². The summed E-state index contributed by atoms with van der Waals surface area (Å²) in [5.74, 6) is 0.387. The van der Waals surface area contributed by atoms with Gasteiger partial charge in [-0.2, -0.15) is 0 Å². The first-order valence-corrected chi connectivity index (χ1v) is 8.19. The molecule has 0 bridgehead atoms.